The van der Waals surface area contributed by atoms with Crippen molar-refractivity contribution in [2.24, 2.45) is 0 Å². The summed E-state index contributed by atoms with van der Waals surface area (Å²) < 4.78 is 14.9. The van der Waals surface area contributed by atoms with Gasteiger partial charge in [-0.2, -0.15) is 5.10 Å². The summed E-state index contributed by atoms with van der Waals surface area (Å²) in [6, 6.07) is 6.20. The molecular formula is C20H28FN5O. The molecule has 0 radical (unpaired) electrons. The molecule has 0 spiro atoms. The standard InChI is InChI=1S/C20H28FN5O/c1-15-19(16(2)26(24-15)18-6-4-17(21)5-7-18)14-20(27)23-8-3-11-25-12-9-22-10-13-25/h4-7,22H,3,8-14H2,1-2H3,(H,23,27). The van der Waals surface area contributed by atoms with Crippen molar-refractivity contribution in [3.8, 4) is 5.69 Å². The zero-order chi connectivity index (χ0) is 19.2. The molecule has 0 bridgehead atoms. The van der Waals surface area contributed by atoms with E-state index in [0.29, 0.717) is 13.0 Å². The third kappa shape index (κ3) is 5.14. The summed E-state index contributed by atoms with van der Waals surface area (Å²) in [7, 11) is 0. The Morgan fingerprint density at radius 2 is 1.93 bits per heavy atom. The van der Waals surface area contributed by atoms with Crippen LogP contribution in [0, 0.1) is 19.7 Å². The number of carbonyl (C=O) groups is 1. The van der Waals surface area contributed by atoms with Gasteiger partial charge in [0, 0.05) is 44.0 Å². The highest BCUT2D eigenvalue weighted by Crippen LogP contribution is 2.18. The molecule has 0 aliphatic carbocycles. The molecule has 1 aliphatic heterocycles. The van der Waals surface area contributed by atoms with E-state index in [1.807, 2.05) is 13.8 Å². The Hall–Kier alpha value is -2.25. The van der Waals surface area contributed by atoms with Gasteiger partial charge in [-0.15, -0.1) is 0 Å². The van der Waals surface area contributed by atoms with Crippen LogP contribution >= 0.6 is 0 Å². The molecule has 0 saturated carbocycles. The van der Waals surface area contributed by atoms with E-state index in [0.717, 1.165) is 61.8 Å². The number of nitrogens with zero attached hydrogens (tertiary/aromatic N) is 3. The van der Waals surface area contributed by atoms with Gasteiger partial charge in [0.05, 0.1) is 17.8 Å². The number of benzene rings is 1. The molecule has 27 heavy (non-hydrogen) atoms. The maximum Gasteiger partial charge on any atom is 0.224 e. The minimum Gasteiger partial charge on any atom is -0.356 e. The lowest BCUT2D eigenvalue weighted by molar-refractivity contribution is -0.120. The molecule has 1 fully saturated rings. The molecule has 7 heteroatoms. The SMILES string of the molecule is Cc1nn(-c2ccc(F)cc2)c(C)c1CC(=O)NCCCN1CCNCC1. The molecule has 1 saturated heterocycles. The van der Waals surface area contributed by atoms with Crippen molar-refractivity contribution in [1.82, 2.24) is 25.3 Å². The molecule has 3 rings (SSSR count). The molecule has 0 atom stereocenters. The van der Waals surface area contributed by atoms with Gasteiger partial charge in [-0.05, 0) is 51.1 Å². The van der Waals surface area contributed by atoms with E-state index in [2.05, 4.69) is 20.6 Å². The van der Waals surface area contributed by atoms with Crippen LogP contribution in [0.2, 0.25) is 0 Å². The second-order valence-electron chi connectivity index (χ2n) is 7.01. The van der Waals surface area contributed by atoms with Gasteiger partial charge in [-0.3, -0.25) is 4.79 Å². The van der Waals surface area contributed by atoms with Crippen molar-refractivity contribution in [3.63, 3.8) is 0 Å². The number of hydrogen-bond donors (Lipinski definition) is 2. The Bertz CT molecular complexity index is 765. The number of aryl methyl sites for hydroxylation is 1. The van der Waals surface area contributed by atoms with E-state index in [-0.39, 0.29) is 11.7 Å². The van der Waals surface area contributed by atoms with Gasteiger partial charge in [0.25, 0.3) is 0 Å². The van der Waals surface area contributed by atoms with E-state index in [4.69, 9.17) is 0 Å². The van der Waals surface area contributed by atoms with E-state index >= 15 is 0 Å². The van der Waals surface area contributed by atoms with E-state index in [1.165, 1.54) is 12.1 Å². The van der Waals surface area contributed by atoms with Crippen LogP contribution in [0.1, 0.15) is 23.4 Å². The monoisotopic (exact) mass is 373 g/mol. The average molecular weight is 373 g/mol. The number of piperazine rings is 1. The fourth-order valence-electron chi connectivity index (χ4n) is 3.45. The molecule has 1 aliphatic rings. The van der Waals surface area contributed by atoms with Crippen molar-refractivity contribution in [1.29, 1.82) is 0 Å². The lowest BCUT2D eigenvalue weighted by Crippen LogP contribution is -2.44. The Balaban J connectivity index is 1.52. The second-order valence-corrected chi connectivity index (χ2v) is 7.01. The first kappa shape index (κ1) is 19.5. The Morgan fingerprint density at radius 1 is 1.22 bits per heavy atom. The Labute approximate surface area is 159 Å². The summed E-state index contributed by atoms with van der Waals surface area (Å²) in [4.78, 5) is 14.8. The van der Waals surface area contributed by atoms with Crippen molar-refractivity contribution >= 4 is 5.91 Å². The minimum atomic E-state index is -0.277. The first-order valence-corrected chi connectivity index (χ1v) is 9.55. The third-order valence-electron chi connectivity index (χ3n) is 5.03. The first-order valence-electron chi connectivity index (χ1n) is 9.55. The highest BCUT2D eigenvalue weighted by molar-refractivity contribution is 5.79. The van der Waals surface area contributed by atoms with Crippen LogP contribution in [0.4, 0.5) is 4.39 Å². The molecule has 2 aromatic rings. The van der Waals surface area contributed by atoms with Crippen LogP contribution in [0.15, 0.2) is 24.3 Å². The molecule has 1 aromatic carbocycles. The number of hydrogen-bond acceptors (Lipinski definition) is 4. The predicted octanol–water partition coefficient (Wildman–Crippen LogP) is 1.58. The first-order chi connectivity index (χ1) is 13.0. The van der Waals surface area contributed by atoms with Crippen molar-refractivity contribution in [2.75, 3.05) is 39.3 Å². The van der Waals surface area contributed by atoms with Crippen LogP contribution in [-0.4, -0.2) is 59.9 Å². The van der Waals surface area contributed by atoms with Gasteiger partial charge >= 0.3 is 0 Å². The molecule has 0 unspecified atom stereocenters. The summed E-state index contributed by atoms with van der Waals surface area (Å²) >= 11 is 0. The summed E-state index contributed by atoms with van der Waals surface area (Å²) in [5.41, 5.74) is 3.46. The molecule has 2 heterocycles. The van der Waals surface area contributed by atoms with Crippen LogP contribution in [0.25, 0.3) is 5.69 Å². The number of amides is 1. The quantitative estimate of drug-likeness (QED) is 0.724. The van der Waals surface area contributed by atoms with E-state index in [1.54, 1.807) is 16.8 Å². The fraction of sp³-hybridized carbons (Fsp3) is 0.500. The van der Waals surface area contributed by atoms with Gasteiger partial charge in [-0.1, -0.05) is 0 Å². The molecule has 1 aromatic heterocycles. The van der Waals surface area contributed by atoms with Gasteiger partial charge in [0.1, 0.15) is 5.82 Å². The summed E-state index contributed by atoms with van der Waals surface area (Å²) in [5.74, 6) is -0.263. The number of aromatic nitrogens is 2. The number of rotatable bonds is 7. The molecule has 6 nitrogen and oxygen atoms in total. The maximum absolute atomic E-state index is 13.1. The highest BCUT2D eigenvalue weighted by Gasteiger charge is 2.16. The molecule has 146 valence electrons. The van der Waals surface area contributed by atoms with Gasteiger partial charge < -0.3 is 15.5 Å². The number of halogens is 1. The van der Waals surface area contributed by atoms with Crippen LogP contribution < -0.4 is 10.6 Å². The van der Waals surface area contributed by atoms with Crippen molar-refractivity contribution < 1.29 is 9.18 Å². The Morgan fingerprint density at radius 3 is 2.63 bits per heavy atom. The summed E-state index contributed by atoms with van der Waals surface area (Å²) in [6.45, 7) is 9.79. The lowest BCUT2D eigenvalue weighted by Gasteiger charge is -2.27. The summed E-state index contributed by atoms with van der Waals surface area (Å²) in [5, 5.41) is 10.9. The van der Waals surface area contributed by atoms with Gasteiger partial charge in [-0.25, -0.2) is 9.07 Å². The van der Waals surface area contributed by atoms with Crippen LogP contribution in [0.5, 0.6) is 0 Å². The van der Waals surface area contributed by atoms with Crippen LogP contribution in [-0.2, 0) is 11.2 Å². The number of carbonyl (C=O) groups excluding carboxylic acids is 1. The smallest absolute Gasteiger partial charge is 0.224 e. The highest BCUT2D eigenvalue weighted by atomic mass is 19.1. The lowest BCUT2D eigenvalue weighted by atomic mass is 10.1. The van der Waals surface area contributed by atoms with Crippen LogP contribution in [0.3, 0.4) is 0 Å². The molecule has 1 amide bonds. The predicted molar refractivity (Wildman–Crippen MR) is 104 cm³/mol. The normalized spacial score (nSPS) is 15.1. The largest absolute Gasteiger partial charge is 0.356 e. The van der Waals surface area contributed by atoms with E-state index in [9.17, 15) is 9.18 Å². The molecular weight excluding hydrogens is 345 g/mol. The van der Waals surface area contributed by atoms with Crippen molar-refractivity contribution in [2.45, 2.75) is 26.7 Å². The molecule has 2 N–H and O–H groups in total. The fourth-order valence-corrected chi connectivity index (χ4v) is 3.45. The Kier molecular flexibility index (Phi) is 6.58. The van der Waals surface area contributed by atoms with Gasteiger partial charge in [0.2, 0.25) is 5.91 Å². The zero-order valence-corrected chi connectivity index (χ0v) is 16.1. The summed E-state index contributed by atoms with van der Waals surface area (Å²) in [6.07, 6.45) is 1.27. The second kappa shape index (κ2) is 9.10. The topological polar surface area (TPSA) is 62.2 Å². The zero-order valence-electron chi connectivity index (χ0n) is 16.1. The maximum atomic E-state index is 13.1. The minimum absolute atomic E-state index is 0.0140. The van der Waals surface area contributed by atoms with Gasteiger partial charge in [0.15, 0.2) is 0 Å². The average Bonchev–Trinajstić information content (AvgIpc) is 2.95. The third-order valence-corrected chi connectivity index (χ3v) is 5.03. The van der Waals surface area contributed by atoms with E-state index < -0.39 is 0 Å². The van der Waals surface area contributed by atoms with Crippen molar-refractivity contribution in [3.05, 3.63) is 47.0 Å². The number of nitrogens with one attached hydrogen (secondary N) is 2.